The average molecular weight is 252 g/mol. The van der Waals surface area contributed by atoms with Crippen LogP contribution >= 0.6 is 0 Å². The van der Waals surface area contributed by atoms with Crippen molar-refractivity contribution < 1.29 is 0 Å². The van der Waals surface area contributed by atoms with Crippen LogP contribution in [0.4, 0.5) is 5.69 Å². The van der Waals surface area contributed by atoms with Gasteiger partial charge in [-0.3, -0.25) is 0 Å². The highest BCUT2D eigenvalue weighted by Gasteiger charge is 2.19. The fraction of sp³-hybridized carbons (Fsp3) is 0.294. The Balaban J connectivity index is 1.93. The molecular formula is C17H20N2. The van der Waals surface area contributed by atoms with Crippen molar-refractivity contribution in [1.82, 2.24) is 5.32 Å². The third-order valence-electron chi connectivity index (χ3n) is 3.81. The van der Waals surface area contributed by atoms with Crippen LogP contribution in [-0.2, 0) is 0 Å². The summed E-state index contributed by atoms with van der Waals surface area (Å²) in [6.45, 7) is 7.01. The molecule has 2 aromatic carbocycles. The molecule has 1 unspecified atom stereocenters. The average Bonchev–Trinajstić information content (AvgIpc) is 2.47. The molecule has 98 valence electrons. The molecule has 0 spiro atoms. The van der Waals surface area contributed by atoms with Crippen LogP contribution < -0.4 is 10.2 Å². The number of rotatable bonds is 3. The molecule has 0 amide bonds. The van der Waals surface area contributed by atoms with Gasteiger partial charge in [-0.1, -0.05) is 42.5 Å². The fourth-order valence-electron chi connectivity index (χ4n) is 2.89. The first kappa shape index (κ1) is 12.2. The van der Waals surface area contributed by atoms with E-state index < -0.39 is 0 Å². The predicted molar refractivity (Wildman–Crippen MR) is 82.8 cm³/mol. The molecule has 19 heavy (non-hydrogen) atoms. The molecule has 0 aliphatic carbocycles. The number of nitrogens with one attached hydrogen (secondary N) is 1. The maximum atomic E-state index is 3.84. The minimum absolute atomic E-state index is 0.519. The summed E-state index contributed by atoms with van der Waals surface area (Å²) in [6, 6.07) is 15.7. The van der Waals surface area contributed by atoms with Crippen molar-refractivity contribution in [1.29, 1.82) is 0 Å². The van der Waals surface area contributed by atoms with E-state index in [-0.39, 0.29) is 0 Å². The van der Waals surface area contributed by atoms with Gasteiger partial charge in [0.05, 0.1) is 0 Å². The van der Waals surface area contributed by atoms with Crippen molar-refractivity contribution in [2.75, 3.05) is 24.5 Å². The van der Waals surface area contributed by atoms with Gasteiger partial charge in [-0.2, -0.15) is 0 Å². The molecule has 1 N–H and O–H groups in total. The molecule has 3 rings (SSSR count). The lowest BCUT2D eigenvalue weighted by Crippen LogP contribution is -2.50. The smallest absolute Gasteiger partial charge is 0.0446 e. The van der Waals surface area contributed by atoms with Gasteiger partial charge in [0.25, 0.3) is 0 Å². The van der Waals surface area contributed by atoms with Gasteiger partial charge in [-0.05, 0) is 17.9 Å². The topological polar surface area (TPSA) is 15.3 Å². The lowest BCUT2D eigenvalue weighted by Gasteiger charge is -2.35. The first-order valence-corrected chi connectivity index (χ1v) is 6.95. The van der Waals surface area contributed by atoms with Gasteiger partial charge in [0.1, 0.15) is 0 Å². The Kier molecular flexibility index (Phi) is 3.51. The molecular weight excluding hydrogens is 232 g/mol. The third kappa shape index (κ3) is 2.49. The van der Waals surface area contributed by atoms with E-state index in [1.54, 1.807) is 0 Å². The van der Waals surface area contributed by atoms with Crippen LogP contribution in [0.2, 0.25) is 0 Å². The molecule has 2 aromatic rings. The monoisotopic (exact) mass is 252 g/mol. The maximum absolute atomic E-state index is 3.84. The molecule has 0 saturated carbocycles. The number of fused-ring (bicyclic) bond motifs is 1. The first-order valence-electron chi connectivity index (χ1n) is 6.95. The van der Waals surface area contributed by atoms with E-state index in [2.05, 4.69) is 59.3 Å². The van der Waals surface area contributed by atoms with Gasteiger partial charge in [0.15, 0.2) is 0 Å². The zero-order valence-electron chi connectivity index (χ0n) is 11.2. The van der Waals surface area contributed by atoms with Gasteiger partial charge in [0, 0.05) is 36.7 Å². The number of hydrogen-bond donors (Lipinski definition) is 1. The zero-order chi connectivity index (χ0) is 13.1. The molecule has 2 nitrogen and oxygen atoms in total. The van der Waals surface area contributed by atoms with E-state index in [1.807, 2.05) is 6.08 Å². The summed E-state index contributed by atoms with van der Waals surface area (Å²) < 4.78 is 0. The van der Waals surface area contributed by atoms with Gasteiger partial charge in [-0.25, -0.2) is 0 Å². The van der Waals surface area contributed by atoms with E-state index in [1.165, 1.54) is 16.5 Å². The van der Waals surface area contributed by atoms with Gasteiger partial charge in [0.2, 0.25) is 0 Å². The molecule has 2 heteroatoms. The number of piperazine rings is 1. The fourth-order valence-corrected chi connectivity index (χ4v) is 2.89. The Morgan fingerprint density at radius 3 is 2.95 bits per heavy atom. The Morgan fingerprint density at radius 2 is 2.05 bits per heavy atom. The largest absolute Gasteiger partial charge is 0.368 e. The van der Waals surface area contributed by atoms with Crippen LogP contribution in [-0.4, -0.2) is 25.7 Å². The van der Waals surface area contributed by atoms with Gasteiger partial charge >= 0.3 is 0 Å². The first-order chi connectivity index (χ1) is 9.38. The summed E-state index contributed by atoms with van der Waals surface area (Å²) in [5.74, 6) is 0. The standard InChI is InChI=1S/C17H20N2/c1-2-6-15-13-19(12-11-18-15)17-10-5-8-14-7-3-4-9-16(14)17/h2-5,7-10,15,18H,1,6,11-13H2. The quantitative estimate of drug-likeness (QED) is 0.844. The number of anilines is 1. The van der Waals surface area contributed by atoms with Crippen molar-refractivity contribution in [3.63, 3.8) is 0 Å². The van der Waals surface area contributed by atoms with Crippen molar-refractivity contribution >= 4 is 16.5 Å². The maximum Gasteiger partial charge on any atom is 0.0446 e. The predicted octanol–water partition coefficient (Wildman–Crippen LogP) is 3.19. The van der Waals surface area contributed by atoms with Gasteiger partial charge in [-0.15, -0.1) is 6.58 Å². The normalized spacial score (nSPS) is 19.6. The van der Waals surface area contributed by atoms with E-state index in [0.29, 0.717) is 6.04 Å². The molecule has 1 saturated heterocycles. The lowest BCUT2D eigenvalue weighted by molar-refractivity contribution is 0.461. The van der Waals surface area contributed by atoms with Crippen molar-refractivity contribution in [3.8, 4) is 0 Å². The highest BCUT2D eigenvalue weighted by atomic mass is 15.2. The van der Waals surface area contributed by atoms with Crippen LogP contribution in [0.3, 0.4) is 0 Å². The van der Waals surface area contributed by atoms with Crippen molar-refractivity contribution in [2.24, 2.45) is 0 Å². The third-order valence-corrected chi connectivity index (χ3v) is 3.81. The van der Waals surface area contributed by atoms with Crippen LogP contribution in [0.25, 0.3) is 10.8 Å². The van der Waals surface area contributed by atoms with E-state index in [0.717, 1.165) is 26.1 Å². The summed E-state index contributed by atoms with van der Waals surface area (Å²) in [6.07, 6.45) is 3.03. The van der Waals surface area contributed by atoms with Crippen LogP contribution in [0.5, 0.6) is 0 Å². The van der Waals surface area contributed by atoms with Crippen molar-refractivity contribution in [2.45, 2.75) is 12.5 Å². The lowest BCUT2D eigenvalue weighted by atomic mass is 10.1. The summed E-state index contributed by atoms with van der Waals surface area (Å²) in [5.41, 5.74) is 1.36. The summed E-state index contributed by atoms with van der Waals surface area (Å²) in [4.78, 5) is 2.49. The molecule has 1 aliphatic rings. The molecule has 1 atom stereocenters. The number of benzene rings is 2. The molecule has 1 heterocycles. The summed E-state index contributed by atoms with van der Waals surface area (Å²) in [5, 5.41) is 6.22. The van der Waals surface area contributed by atoms with Crippen LogP contribution in [0.1, 0.15) is 6.42 Å². The Bertz CT molecular complexity index is 571. The van der Waals surface area contributed by atoms with E-state index in [9.17, 15) is 0 Å². The van der Waals surface area contributed by atoms with Crippen LogP contribution in [0, 0.1) is 0 Å². The second-order valence-electron chi connectivity index (χ2n) is 5.12. The SMILES string of the molecule is C=CCC1CN(c2cccc3ccccc23)CCN1. The molecule has 0 bridgehead atoms. The summed E-state index contributed by atoms with van der Waals surface area (Å²) >= 11 is 0. The highest BCUT2D eigenvalue weighted by molar-refractivity contribution is 5.94. The second-order valence-corrected chi connectivity index (χ2v) is 5.12. The van der Waals surface area contributed by atoms with E-state index in [4.69, 9.17) is 0 Å². The minimum Gasteiger partial charge on any atom is -0.368 e. The van der Waals surface area contributed by atoms with Crippen LogP contribution in [0.15, 0.2) is 55.1 Å². The Morgan fingerprint density at radius 1 is 1.21 bits per heavy atom. The molecule has 1 fully saturated rings. The number of nitrogens with zero attached hydrogens (tertiary/aromatic N) is 1. The Labute approximate surface area is 114 Å². The van der Waals surface area contributed by atoms with Gasteiger partial charge < -0.3 is 10.2 Å². The molecule has 0 radical (unpaired) electrons. The van der Waals surface area contributed by atoms with E-state index >= 15 is 0 Å². The minimum atomic E-state index is 0.519. The summed E-state index contributed by atoms with van der Waals surface area (Å²) in [7, 11) is 0. The zero-order valence-corrected chi connectivity index (χ0v) is 11.2. The van der Waals surface area contributed by atoms with Crippen molar-refractivity contribution in [3.05, 3.63) is 55.1 Å². The second kappa shape index (κ2) is 5.45. The Hall–Kier alpha value is -1.80. The molecule has 0 aromatic heterocycles. The number of hydrogen-bond acceptors (Lipinski definition) is 2. The highest BCUT2D eigenvalue weighted by Crippen LogP contribution is 2.27. The molecule has 1 aliphatic heterocycles.